The molecule has 19 heavy (non-hydrogen) atoms. The van der Waals surface area contributed by atoms with Gasteiger partial charge >= 0.3 is 0 Å². The minimum Gasteiger partial charge on any atom is -0.392 e. The van der Waals surface area contributed by atoms with E-state index in [0.717, 1.165) is 0 Å². The molecular weight excluding hydrogens is 244 g/mol. The lowest BCUT2D eigenvalue weighted by Crippen LogP contribution is -2.45. The molecule has 1 rings (SSSR count). The summed E-state index contributed by atoms with van der Waals surface area (Å²) in [6.45, 7) is 9.99. The van der Waals surface area contributed by atoms with Crippen LogP contribution in [-0.2, 0) is 4.79 Å². The van der Waals surface area contributed by atoms with Gasteiger partial charge in [0.05, 0.1) is 6.10 Å². The Morgan fingerprint density at radius 1 is 1.42 bits per heavy atom. The summed E-state index contributed by atoms with van der Waals surface area (Å²) in [6.07, 6.45) is 2.45. The summed E-state index contributed by atoms with van der Waals surface area (Å²) in [4.78, 5) is 15.8. The van der Waals surface area contributed by atoms with E-state index in [1.807, 2.05) is 27.7 Å². The number of aromatic nitrogens is 3. The number of nitrogens with zero attached hydrogens (tertiary/aromatic N) is 3. The van der Waals surface area contributed by atoms with E-state index in [0.29, 0.717) is 6.54 Å². The molecule has 2 N–H and O–H groups in total. The van der Waals surface area contributed by atoms with E-state index < -0.39 is 12.1 Å². The molecule has 2 unspecified atom stereocenters. The highest BCUT2D eigenvalue weighted by Crippen LogP contribution is 2.25. The summed E-state index contributed by atoms with van der Waals surface area (Å²) in [5.41, 5.74) is -0.369. The van der Waals surface area contributed by atoms with Gasteiger partial charge in [-0.15, -0.1) is 0 Å². The van der Waals surface area contributed by atoms with Gasteiger partial charge in [0, 0.05) is 12.0 Å². The Kier molecular flexibility index (Phi) is 5.05. The maximum Gasteiger partial charge on any atom is 0.244 e. The number of hydrogen-bond donors (Lipinski definition) is 2. The van der Waals surface area contributed by atoms with E-state index in [1.54, 1.807) is 6.92 Å². The van der Waals surface area contributed by atoms with Gasteiger partial charge in [-0.25, -0.2) is 9.67 Å². The number of carbonyl (C=O) groups excluding carboxylic acids is 1. The number of rotatable bonds is 6. The van der Waals surface area contributed by atoms with Crippen molar-refractivity contribution in [3.63, 3.8) is 0 Å². The number of amides is 1. The Morgan fingerprint density at radius 3 is 2.53 bits per heavy atom. The molecule has 6 nitrogen and oxygen atoms in total. The SMILES string of the molecule is CC(C)C(O)C(C)(C)CNC(=O)C(C)n1cncn1. The van der Waals surface area contributed by atoms with Crippen molar-refractivity contribution in [2.24, 2.45) is 11.3 Å². The van der Waals surface area contributed by atoms with Gasteiger partial charge < -0.3 is 10.4 Å². The highest BCUT2D eigenvalue weighted by atomic mass is 16.3. The third kappa shape index (κ3) is 4.02. The van der Waals surface area contributed by atoms with Crippen LogP contribution in [0.5, 0.6) is 0 Å². The molecule has 0 saturated heterocycles. The van der Waals surface area contributed by atoms with Gasteiger partial charge in [-0.2, -0.15) is 5.10 Å². The molecule has 1 heterocycles. The van der Waals surface area contributed by atoms with E-state index in [-0.39, 0.29) is 17.2 Å². The lowest BCUT2D eigenvalue weighted by molar-refractivity contribution is -0.125. The van der Waals surface area contributed by atoms with Gasteiger partial charge in [0.2, 0.25) is 5.91 Å². The van der Waals surface area contributed by atoms with Crippen molar-refractivity contribution in [1.29, 1.82) is 0 Å². The van der Waals surface area contributed by atoms with Crippen LogP contribution < -0.4 is 5.32 Å². The second-order valence-corrected chi connectivity index (χ2v) is 5.95. The van der Waals surface area contributed by atoms with Crippen LogP contribution in [-0.4, -0.2) is 38.4 Å². The molecule has 0 aliphatic heterocycles. The highest BCUT2D eigenvalue weighted by Gasteiger charge is 2.31. The van der Waals surface area contributed by atoms with Crippen molar-refractivity contribution in [1.82, 2.24) is 20.1 Å². The molecule has 0 aromatic carbocycles. The summed E-state index contributed by atoms with van der Waals surface area (Å²) in [5, 5.41) is 16.9. The van der Waals surface area contributed by atoms with Crippen LogP contribution in [0.3, 0.4) is 0 Å². The fourth-order valence-electron chi connectivity index (χ4n) is 2.01. The molecular formula is C13H24N4O2. The summed E-state index contributed by atoms with van der Waals surface area (Å²) >= 11 is 0. The third-order valence-electron chi connectivity index (χ3n) is 3.36. The first-order valence-electron chi connectivity index (χ1n) is 6.55. The molecule has 0 aliphatic carbocycles. The molecule has 2 atom stereocenters. The molecule has 0 bridgehead atoms. The van der Waals surface area contributed by atoms with Gasteiger partial charge in [0.25, 0.3) is 0 Å². The third-order valence-corrected chi connectivity index (χ3v) is 3.36. The quantitative estimate of drug-likeness (QED) is 0.806. The average Bonchev–Trinajstić information content (AvgIpc) is 2.87. The zero-order valence-electron chi connectivity index (χ0n) is 12.3. The second kappa shape index (κ2) is 6.14. The van der Waals surface area contributed by atoms with Crippen LogP contribution in [0.2, 0.25) is 0 Å². The first-order valence-corrected chi connectivity index (χ1v) is 6.55. The maximum atomic E-state index is 12.0. The summed E-state index contributed by atoms with van der Waals surface area (Å²) in [6, 6.07) is -0.408. The van der Waals surface area contributed by atoms with Crippen LogP contribution in [0.15, 0.2) is 12.7 Å². The van der Waals surface area contributed by atoms with Gasteiger partial charge in [-0.3, -0.25) is 4.79 Å². The van der Waals surface area contributed by atoms with E-state index in [4.69, 9.17) is 0 Å². The zero-order valence-corrected chi connectivity index (χ0v) is 12.3. The average molecular weight is 268 g/mol. The van der Waals surface area contributed by atoms with Crippen LogP contribution in [0.4, 0.5) is 0 Å². The standard InChI is InChI=1S/C13H24N4O2/c1-9(2)11(18)13(4,5)6-15-12(19)10(3)17-8-14-7-16-17/h7-11,18H,6H2,1-5H3,(H,15,19). The normalized spacial score (nSPS) is 15.3. The fourth-order valence-corrected chi connectivity index (χ4v) is 2.01. The molecule has 1 aromatic heterocycles. The molecule has 0 saturated carbocycles. The Bertz CT molecular complexity index is 401. The van der Waals surface area contributed by atoms with Gasteiger partial charge in [0.1, 0.15) is 18.7 Å². The predicted octanol–water partition coefficient (Wildman–Crippen LogP) is 0.998. The molecule has 1 aromatic rings. The van der Waals surface area contributed by atoms with E-state index in [9.17, 15) is 9.90 Å². The van der Waals surface area contributed by atoms with Crippen LogP contribution in [0.1, 0.15) is 40.7 Å². The lowest BCUT2D eigenvalue weighted by Gasteiger charge is -2.33. The summed E-state index contributed by atoms with van der Waals surface area (Å²) in [7, 11) is 0. The van der Waals surface area contributed by atoms with Crippen molar-refractivity contribution in [2.75, 3.05) is 6.54 Å². The van der Waals surface area contributed by atoms with Crippen molar-refractivity contribution in [2.45, 2.75) is 46.8 Å². The lowest BCUT2D eigenvalue weighted by atomic mass is 9.80. The van der Waals surface area contributed by atoms with E-state index >= 15 is 0 Å². The number of aliphatic hydroxyl groups excluding tert-OH is 1. The second-order valence-electron chi connectivity index (χ2n) is 5.95. The van der Waals surface area contributed by atoms with Gasteiger partial charge in [0.15, 0.2) is 0 Å². The Hall–Kier alpha value is -1.43. The Labute approximate surface area is 114 Å². The maximum absolute atomic E-state index is 12.0. The van der Waals surface area contributed by atoms with Crippen LogP contribution in [0.25, 0.3) is 0 Å². The van der Waals surface area contributed by atoms with E-state index in [1.165, 1.54) is 17.3 Å². The minimum atomic E-state index is -0.463. The smallest absolute Gasteiger partial charge is 0.244 e. The van der Waals surface area contributed by atoms with Crippen LogP contribution >= 0.6 is 0 Å². The highest BCUT2D eigenvalue weighted by molar-refractivity contribution is 5.79. The van der Waals surface area contributed by atoms with E-state index in [2.05, 4.69) is 15.4 Å². The number of hydrogen-bond acceptors (Lipinski definition) is 4. The molecule has 1 amide bonds. The van der Waals surface area contributed by atoms with Crippen LogP contribution in [0, 0.1) is 11.3 Å². The Morgan fingerprint density at radius 2 is 2.05 bits per heavy atom. The topological polar surface area (TPSA) is 80.0 Å². The largest absolute Gasteiger partial charge is 0.392 e. The van der Waals surface area contributed by atoms with Gasteiger partial charge in [-0.05, 0) is 12.8 Å². The monoisotopic (exact) mass is 268 g/mol. The predicted molar refractivity (Wildman–Crippen MR) is 72.4 cm³/mol. The zero-order chi connectivity index (χ0) is 14.6. The van der Waals surface area contributed by atoms with Gasteiger partial charge in [-0.1, -0.05) is 27.7 Å². The molecule has 0 fully saturated rings. The number of nitrogens with one attached hydrogen (secondary N) is 1. The summed E-state index contributed by atoms with van der Waals surface area (Å²) < 4.78 is 1.50. The minimum absolute atomic E-state index is 0.130. The van der Waals surface area contributed by atoms with Crippen molar-refractivity contribution in [3.8, 4) is 0 Å². The van der Waals surface area contributed by atoms with Crippen molar-refractivity contribution >= 4 is 5.91 Å². The fraction of sp³-hybridized carbons (Fsp3) is 0.769. The number of carbonyl (C=O) groups is 1. The first kappa shape index (κ1) is 15.6. The Balaban J connectivity index is 2.54. The molecule has 6 heteroatoms. The first-order chi connectivity index (χ1) is 8.75. The molecule has 108 valence electrons. The van der Waals surface area contributed by atoms with Crippen molar-refractivity contribution in [3.05, 3.63) is 12.7 Å². The summed E-state index contributed by atoms with van der Waals surface area (Å²) in [5.74, 6) is 0.0224. The number of aliphatic hydroxyl groups is 1. The molecule has 0 radical (unpaired) electrons. The molecule has 0 spiro atoms. The molecule has 0 aliphatic rings. The van der Waals surface area contributed by atoms with Crippen molar-refractivity contribution < 1.29 is 9.90 Å².